The summed E-state index contributed by atoms with van der Waals surface area (Å²) in [6, 6.07) is 15.2. The van der Waals surface area contributed by atoms with Gasteiger partial charge in [-0.25, -0.2) is 0 Å². The van der Waals surface area contributed by atoms with Crippen LogP contribution in [0.2, 0.25) is 62.9 Å². The zero-order valence-corrected chi connectivity index (χ0v) is 45.1. The predicted octanol–water partition coefficient (Wildman–Crippen LogP) is 14.7. The molecule has 5 rings (SSSR count). The number of rotatable bonds is 8. The Morgan fingerprint density at radius 2 is 0.692 bits per heavy atom. The van der Waals surface area contributed by atoms with Gasteiger partial charge >= 0.3 is 340 Å². The minimum absolute atomic E-state index is 0.583. The molecule has 0 N–H and O–H groups in total. The third-order valence-corrected chi connectivity index (χ3v) is 46.0. The monoisotopic (exact) mass is 978 g/mol. The van der Waals surface area contributed by atoms with Crippen LogP contribution in [0.15, 0.2) is 36.4 Å². The number of thiophene rings is 2. The molecule has 0 bridgehead atoms. The zero-order chi connectivity index (χ0) is 38.9. The van der Waals surface area contributed by atoms with E-state index in [1.54, 1.807) is 5.79 Å². The van der Waals surface area contributed by atoms with Gasteiger partial charge in [-0.2, -0.15) is 0 Å². The summed E-state index contributed by atoms with van der Waals surface area (Å²) in [7, 11) is -3.98. The summed E-state index contributed by atoms with van der Waals surface area (Å²) in [5, 5.41) is 8.00. The van der Waals surface area contributed by atoms with E-state index in [-0.39, 0.29) is 0 Å². The molecule has 0 saturated heterocycles. The van der Waals surface area contributed by atoms with Crippen LogP contribution in [0.5, 0.6) is 0 Å². The summed E-state index contributed by atoms with van der Waals surface area (Å²) in [4.78, 5) is 15.3. The topological polar surface area (TPSA) is 0 Å². The second-order valence-corrected chi connectivity index (χ2v) is 63.8. The first-order valence-electron chi connectivity index (χ1n) is 19.9. The predicted molar refractivity (Wildman–Crippen MR) is 254 cm³/mol. The molecule has 0 aliphatic heterocycles. The van der Waals surface area contributed by atoms with Gasteiger partial charge in [0.15, 0.2) is 0 Å². The first kappa shape index (κ1) is 42.4. The summed E-state index contributed by atoms with van der Waals surface area (Å²) in [5.74, 6) is 8.16. The molecule has 0 amide bonds. The van der Waals surface area contributed by atoms with Crippen molar-refractivity contribution in [3.63, 3.8) is 0 Å². The summed E-state index contributed by atoms with van der Waals surface area (Å²) in [5.41, 5.74) is 14.4. The maximum absolute atomic E-state index is 4.20. The van der Waals surface area contributed by atoms with Crippen LogP contribution in [0.3, 0.4) is 0 Å². The first-order valence-corrected chi connectivity index (χ1v) is 46.0. The molecule has 0 spiro atoms. The molecule has 0 nitrogen and oxygen atoms in total. The van der Waals surface area contributed by atoms with E-state index in [0.717, 1.165) is 0 Å². The number of benzene rings is 3. The Morgan fingerprint density at radius 3 is 0.942 bits per heavy atom. The van der Waals surface area contributed by atoms with Gasteiger partial charge in [0.1, 0.15) is 0 Å². The van der Waals surface area contributed by atoms with E-state index < -0.39 is 52.9 Å². The van der Waals surface area contributed by atoms with E-state index in [1.165, 1.54) is 52.8 Å². The number of hydrogen-bond donors (Lipinski definition) is 0. The summed E-state index contributed by atoms with van der Waals surface area (Å²) in [6.45, 7) is 29.3. The fourth-order valence-corrected chi connectivity index (χ4v) is 32.7. The normalized spacial score (nSPS) is 13.5. The van der Waals surface area contributed by atoms with Crippen molar-refractivity contribution >= 4 is 123 Å². The molecule has 0 aliphatic rings. The maximum atomic E-state index is 4.20. The summed E-state index contributed by atoms with van der Waals surface area (Å²) >= 11 is -0.501. The van der Waals surface area contributed by atoms with Crippen molar-refractivity contribution in [3.8, 4) is 22.9 Å². The molecule has 0 saturated carbocycles. The van der Waals surface area contributed by atoms with Crippen LogP contribution in [0.4, 0.5) is 0 Å². The Labute approximate surface area is 336 Å². The van der Waals surface area contributed by atoms with Crippen molar-refractivity contribution in [1.29, 1.82) is 0 Å². The molecule has 0 unspecified atom stereocenters. The Bertz CT molecular complexity index is 1960. The fourth-order valence-electron chi connectivity index (χ4n) is 9.51. The van der Waals surface area contributed by atoms with Crippen LogP contribution in [-0.2, 0) is 0 Å². The van der Waals surface area contributed by atoms with E-state index in [9.17, 15) is 0 Å². The van der Waals surface area contributed by atoms with Crippen LogP contribution in [-0.4, -0.2) is 52.9 Å². The quantitative estimate of drug-likeness (QED) is 0.0826. The number of hydrogen-bond acceptors (Lipinski definition) is 2. The first-order chi connectivity index (χ1) is 24.0. The minimum atomic E-state index is -2.30. The van der Waals surface area contributed by atoms with E-state index in [2.05, 4.69) is 172 Å². The molecule has 6 heteroatoms. The second kappa shape index (κ2) is 15.3. The molecule has 52 heavy (non-hydrogen) atoms. The molecule has 0 radical (unpaired) electrons. The second-order valence-electron chi connectivity index (χ2n) is 19.6. The van der Waals surface area contributed by atoms with Crippen LogP contribution in [0, 0.1) is 22.9 Å². The molecular weight excluding hydrogens is 910 g/mol. The third kappa shape index (κ3) is 7.55. The Balaban J connectivity index is 2.07. The molecule has 5 aromatic rings. The van der Waals surface area contributed by atoms with E-state index in [4.69, 9.17) is 0 Å². The van der Waals surface area contributed by atoms with Gasteiger partial charge in [0, 0.05) is 0 Å². The fraction of sp³-hybridized carbons (Fsp3) is 0.522. The number of fused-ring (bicyclic) bond motifs is 4. The Kier molecular flexibility index (Phi) is 12.5. The van der Waals surface area contributed by atoms with Crippen molar-refractivity contribution in [1.82, 2.24) is 0 Å². The van der Waals surface area contributed by atoms with Gasteiger partial charge in [0.25, 0.3) is 0 Å². The van der Waals surface area contributed by atoms with Crippen molar-refractivity contribution in [2.45, 2.75) is 146 Å². The molecule has 0 atom stereocenters. The zero-order valence-electron chi connectivity index (χ0n) is 35.7. The van der Waals surface area contributed by atoms with Crippen LogP contribution >= 0.6 is 22.7 Å². The Morgan fingerprint density at radius 1 is 0.423 bits per heavy atom. The van der Waals surface area contributed by atoms with Crippen molar-refractivity contribution in [2.24, 2.45) is 0 Å². The average molecular weight is 977 g/mol. The van der Waals surface area contributed by atoms with Crippen molar-refractivity contribution in [2.75, 3.05) is 0 Å². The molecule has 278 valence electrons. The SMILES string of the molecule is CC(C)[Si](C#Cc1c2cc3c[c]([Sn]([CH3])([CH3])[CH3])sc3cc2c(C#C[Si](C(C)C)(C(C)C)C(C)C)c2cc3s[c]([Sn]([CH3])([CH3])[CH3])cc3cc12)(C(C)C)C(C)C. The third-order valence-electron chi connectivity index (χ3n) is 12.4. The van der Waals surface area contributed by atoms with Crippen LogP contribution < -0.4 is 5.79 Å². The molecule has 2 heterocycles. The molecule has 0 aliphatic carbocycles. The average Bonchev–Trinajstić information content (AvgIpc) is 3.63. The molecule has 0 fully saturated rings. The van der Waals surface area contributed by atoms with Gasteiger partial charge in [-0.3, -0.25) is 0 Å². The summed E-state index contributed by atoms with van der Waals surface area (Å²) in [6.07, 6.45) is 0. The van der Waals surface area contributed by atoms with Crippen LogP contribution in [0.1, 0.15) is 94.2 Å². The van der Waals surface area contributed by atoms with Gasteiger partial charge in [-0.15, -0.1) is 0 Å². The Hall–Kier alpha value is -0.749. The van der Waals surface area contributed by atoms with E-state index in [1.807, 2.05) is 22.7 Å². The van der Waals surface area contributed by atoms with Gasteiger partial charge < -0.3 is 0 Å². The van der Waals surface area contributed by atoms with Gasteiger partial charge in [-0.05, 0) is 0 Å². The van der Waals surface area contributed by atoms with Gasteiger partial charge in [0.2, 0.25) is 0 Å². The molecular formula is C46H66S2Si2Sn2. The van der Waals surface area contributed by atoms with Crippen LogP contribution in [0.25, 0.3) is 41.7 Å². The van der Waals surface area contributed by atoms with E-state index >= 15 is 0 Å². The molecule has 2 aromatic heterocycles. The van der Waals surface area contributed by atoms with Gasteiger partial charge in [-0.1, -0.05) is 0 Å². The van der Waals surface area contributed by atoms with Gasteiger partial charge in [0.05, 0.1) is 0 Å². The molecule has 3 aromatic carbocycles. The van der Waals surface area contributed by atoms with Crippen molar-refractivity contribution in [3.05, 3.63) is 47.5 Å². The van der Waals surface area contributed by atoms with E-state index in [0.29, 0.717) is 33.2 Å². The van der Waals surface area contributed by atoms with Crippen molar-refractivity contribution < 1.29 is 0 Å². The summed E-state index contributed by atoms with van der Waals surface area (Å²) < 4.78 is 6.10. The standard InChI is InChI=1S/C40H48S2Si2.6CH3.2Sn/c1-25(2)43(26(3)4,27(5)6)19-15-33-35-21-31-13-17-41-39(31)23-37(35)34(16-20-44(28(7)8,29(9)10)30(11)12)38-24-40-32(14-18-42-40)22-36(33)38;;;;;;;;/h13-14,21-30H,1-12H3;6*1H3;;.